The van der Waals surface area contributed by atoms with Gasteiger partial charge in [-0.3, -0.25) is 4.79 Å². The van der Waals surface area contributed by atoms with Crippen LogP contribution in [-0.4, -0.2) is 53.1 Å². The van der Waals surface area contributed by atoms with E-state index in [2.05, 4.69) is 21.4 Å². The van der Waals surface area contributed by atoms with Crippen molar-refractivity contribution >= 4 is 23.1 Å². The summed E-state index contributed by atoms with van der Waals surface area (Å²) in [6.45, 7) is 4.38. The van der Waals surface area contributed by atoms with E-state index in [-0.39, 0.29) is 11.7 Å². The largest absolute Gasteiger partial charge is 0.365 e. The summed E-state index contributed by atoms with van der Waals surface area (Å²) >= 11 is 1.74. The van der Waals surface area contributed by atoms with E-state index < -0.39 is 11.9 Å². The summed E-state index contributed by atoms with van der Waals surface area (Å²) in [5.41, 5.74) is 1.61. The standard InChI is InChI=1S/C18H21FN4O2S/c1-2-13-16(19)17(21-11-20-13)22-6-7-25-14(10-22)18(24)23-5-3-15-12(9-23)4-8-26-15/h4,8,11,14H,2-3,5-7,9-10H2,1H3. The lowest BCUT2D eigenvalue weighted by Gasteiger charge is -2.36. The molecular formula is C18H21FN4O2S. The molecule has 1 saturated heterocycles. The minimum atomic E-state index is -0.594. The van der Waals surface area contributed by atoms with Crippen LogP contribution in [0.15, 0.2) is 17.8 Å². The molecule has 138 valence electrons. The van der Waals surface area contributed by atoms with Crippen LogP contribution in [0.3, 0.4) is 0 Å². The molecular weight excluding hydrogens is 355 g/mol. The lowest BCUT2D eigenvalue weighted by atomic mass is 10.1. The fourth-order valence-electron chi connectivity index (χ4n) is 3.49. The van der Waals surface area contributed by atoms with Gasteiger partial charge in [0.25, 0.3) is 5.91 Å². The van der Waals surface area contributed by atoms with Crippen LogP contribution in [0.2, 0.25) is 0 Å². The van der Waals surface area contributed by atoms with Crippen molar-refractivity contribution in [1.82, 2.24) is 14.9 Å². The number of anilines is 1. The number of thiophene rings is 1. The highest BCUT2D eigenvalue weighted by atomic mass is 32.1. The summed E-state index contributed by atoms with van der Waals surface area (Å²) in [7, 11) is 0. The molecule has 4 heterocycles. The molecule has 1 fully saturated rings. The van der Waals surface area contributed by atoms with Gasteiger partial charge in [0, 0.05) is 24.5 Å². The molecule has 1 unspecified atom stereocenters. The van der Waals surface area contributed by atoms with Crippen LogP contribution in [0.1, 0.15) is 23.1 Å². The summed E-state index contributed by atoms with van der Waals surface area (Å²) in [4.78, 5) is 26.0. The highest BCUT2D eigenvalue weighted by molar-refractivity contribution is 7.10. The van der Waals surface area contributed by atoms with E-state index in [9.17, 15) is 9.18 Å². The number of carbonyl (C=O) groups is 1. The molecule has 1 atom stereocenters. The zero-order chi connectivity index (χ0) is 18.1. The molecule has 0 radical (unpaired) electrons. The van der Waals surface area contributed by atoms with Crippen LogP contribution in [-0.2, 0) is 28.9 Å². The normalized spacial score (nSPS) is 20.2. The summed E-state index contributed by atoms with van der Waals surface area (Å²) in [6, 6.07) is 2.08. The second kappa shape index (κ2) is 7.28. The average molecular weight is 376 g/mol. The van der Waals surface area contributed by atoms with Gasteiger partial charge in [-0.05, 0) is 29.9 Å². The van der Waals surface area contributed by atoms with Gasteiger partial charge >= 0.3 is 0 Å². The van der Waals surface area contributed by atoms with Crippen molar-refractivity contribution in [2.45, 2.75) is 32.4 Å². The number of hydrogen-bond donors (Lipinski definition) is 0. The van der Waals surface area contributed by atoms with E-state index in [0.717, 1.165) is 6.42 Å². The fraction of sp³-hybridized carbons (Fsp3) is 0.500. The lowest BCUT2D eigenvalue weighted by molar-refractivity contribution is -0.145. The first-order valence-electron chi connectivity index (χ1n) is 8.87. The Bertz CT molecular complexity index is 812. The molecule has 2 aliphatic rings. The Kier molecular flexibility index (Phi) is 4.86. The van der Waals surface area contributed by atoms with Crippen LogP contribution in [0.25, 0.3) is 0 Å². The predicted octanol–water partition coefficient (Wildman–Crippen LogP) is 2.03. The molecule has 0 aliphatic carbocycles. The summed E-state index contributed by atoms with van der Waals surface area (Å²) < 4.78 is 20.3. The first kappa shape index (κ1) is 17.4. The number of aryl methyl sites for hydroxylation is 1. The van der Waals surface area contributed by atoms with Gasteiger partial charge in [-0.15, -0.1) is 11.3 Å². The van der Waals surface area contributed by atoms with Gasteiger partial charge in [-0.25, -0.2) is 14.4 Å². The number of halogens is 1. The van der Waals surface area contributed by atoms with Crippen LogP contribution in [0, 0.1) is 5.82 Å². The third-order valence-electron chi connectivity index (χ3n) is 4.94. The molecule has 6 nitrogen and oxygen atoms in total. The van der Waals surface area contributed by atoms with Gasteiger partial charge < -0.3 is 14.5 Å². The maximum Gasteiger partial charge on any atom is 0.253 e. The predicted molar refractivity (Wildman–Crippen MR) is 96.8 cm³/mol. The SMILES string of the molecule is CCc1ncnc(N2CCOC(C(=O)N3CCc4sccc4C3)C2)c1F. The molecule has 8 heteroatoms. The number of fused-ring (bicyclic) bond motifs is 1. The van der Waals surface area contributed by atoms with Crippen molar-refractivity contribution in [3.63, 3.8) is 0 Å². The number of nitrogens with zero attached hydrogens (tertiary/aromatic N) is 4. The quantitative estimate of drug-likeness (QED) is 0.820. The summed E-state index contributed by atoms with van der Waals surface area (Å²) in [5.74, 6) is -0.169. The van der Waals surface area contributed by atoms with Gasteiger partial charge in [-0.2, -0.15) is 0 Å². The van der Waals surface area contributed by atoms with Gasteiger partial charge in [-0.1, -0.05) is 6.92 Å². The molecule has 4 rings (SSSR count). The van der Waals surface area contributed by atoms with E-state index in [1.54, 1.807) is 16.2 Å². The Morgan fingerprint density at radius 3 is 3.15 bits per heavy atom. The van der Waals surface area contributed by atoms with Crippen molar-refractivity contribution in [3.8, 4) is 0 Å². The highest BCUT2D eigenvalue weighted by Gasteiger charge is 2.33. The van der Waals surface area contributed by atoms with E-state index in [4.69, 9.17) is 4.74 Å². The third kappa shape index (κ3) is 3.19. The second-order valence-corrected chi connectivity index (χ2v) is 7.50. The van der Waals surface area contributed by atoms with Gasteiger partial charge in [0.2, 0.25) is 0 Å². The van der Waals surface area contributed by atoms with E-state index in [1.165, 1.54) is 16.8 Å². The van der Waals surface area contributed by atoms with E-state index >= 15 is 0 Å². The average Bonchev–Trinajstić information content (AvgIpc) is 3.15. The number of rotatable bonds is 3. The van der Waals surface area contributed by atoms with Crippen LogP contribution in [0.4, 0.5) is 10.2 Å². The lowest BCUT2D eigenvalue weighted by Crippen LogP contribution is -2.52. The molecule has 2 aromatic heterocycles. The van der Waals surface area contributed by atoms with Crippen LogP contribution in [0.5, 0.6) is 0 Å². The molecule has 2 aromatic rings. The third-order valence-corrected chi connectivity index (χ3v) is 5.96. The number of carbonyl (C=O) groups excluding carboxylic acids is 1. The molecule has 0 bridgehead atoms. The highest BCUT2D eigenvalue weighted by Crippen LogP contribution is 2.26. The summed E-state index contributed by atoms with van der Waals surface area (Å²) in [5, 5.41) is 2.07. The van der Waals surface area contributed by atoms with Gasteiger partial charge in [0.15, 0.2) is 17.7 Å². The van der Waals surface area contributed by atoms with Crippen molar-refractivity contribution in [1.29, 1.82) is 0 Å². The maximum absolute atomic E-state index is 14.6. The van der Waals surface area contributed by atoms with Gasteiger partial charge in [0.05, 0.1) is 18.8 Å². The smallest absolute Gasteiger partial charge is 0.253 e. The van der Waals surface area contributed by atoms with Crippen molar-refractivity contribution < 1.29 is 13.9 Å². The maximum atomic E-state index is 14.6. The number of hydrogen-bond acceptors (Lipinski definition) is 6. The zero-order valence-electron chi connectivity index (χ0n) is 14.7. The van der Waals surface area contributed by atoms with Crippen LogP contribution >= 0.6 is 11.3 Å². The minimum Gasteiger partial charge on any atom is -0.365 e. The Hall–Kier alpha value is -2.06. The molecule has 2 aliphatic heterocycles. The molecule has 0 aromatic carbocycles. The van der Waals surface area contributed by atoms with Crippen LogP contribution < -0.4 is 4.90 Å². The topological polar surface area (TPSA) is 58.6 Å². The summed E-state index contributed by atoms with van der Waals surface area (Å²) in [6.07, 6.45) is 2.18. The molecule has 0 N–H and O–H groups in total. The number of amides is 1. The second-order valence-electron chi connectivity index (χ2n) is 6.50. The van der Waals surface area contributed by atoms with E-state index in [0.29, 0.717) is 44.9 Å². The fourth-order valence-corrected chi connectivity index (χ4v) is 4.38. The molecule has 0 saturated carbocycles. The minimum absolute atomic E-state index is 0.0308. The Labute approximate surface area is 155 Å². The van der Waals surface area contributed by atoms with Gasteiger partial charge in [0.1, 0.15) is 6.33 Å². The Morgan fingerprint density at radius 2 is 2.31 bits per heavy atom. The van der Waals surface area contributed by atoms with E-state index in [1.807, 2.05) is 11.8 Å². The molecule has 1 amide bonds. The molecule has 26 heavy (non-hydrogen) atoms. The number of aromatic nitrogens is 2. The van der Waals surface area contributed by atoms with Crippen molar-refractivity contribution in [2.24, 2.45) is 0 Å². The first-order valence-corrected chi connectivity index (χ1v) is 9.75. The molecule has 0 spiro atoms. The van der Waals surface area contributed by atoms with Crippen molar-refractivity contribution in [3.05, 3.63) is 39.7 Å². The number of morpholine rings is 1. The monoisotopic (exact) mass is 376 g/mol. The zero-order valence-corrected chi connectivity index (χ0v) is 15.5. The first-order chi connectivity index (χ1) is 12.7. The van der Waals surface area contributed by atoms with Crippen molar-refractivity contribution in [2.75, 3.05) is 31.1 Å². The number of ether oxygens (including phenoxy) is 1. The Balaban J connectivity index is 1.48. The Morgan fingerprint density at radius 1 is 1.42 bits per heavy atom.